The molecule has 3 aromatic rings. The van der Waals surface area contributed by atoms with E-state index < -0.39 is 5.91 Å². The van der Waals surface area contributed by atoms with Crippen LogP contribution >= 0.6 is 11.5 Å². The van der Waals surface area contributed by atoms with Crippen molar-refractivity contribution < 1.29 is 4.79 Å². The summed E-state index contributed by atoms with van der Waals surface area (Å²) in [6.07, 6.45) is 0. The van der Waals surface area contributed by atoms with Crippen molar-refractivity contribution >= 4 is 17.4 Å². The van der Waals surface area contributed by atoms with Crippen molar-refractivity contribution in [1.82, 2.24) is 4.37 Å². The molecule has 2 aromatic carbocycles. The van der Waals surface area contributed by atoms with E-state index in [1.54, 1.807) is 48.5 Å². The maximum Gasteiger partial charge on any atom is 0.261 e. The lowest BCUT2D eigenvalue weighted by molar-refractivity contribution is 0.100. The molecule has 1 aromatic heterocycles. The van der Waals surface area contributed by atoms with Crippen molar-refractivity contribution in [2.75, 3.05) is 0 Å². The summed E-state index contributed by atoms with van der Waals surface area (Å²) in [5, 5.41) is 18.7. The second-order valence-electron chi connectivity index (χ2n) is 4.91. The number of primary amides is 1. The Morgan fingerprint density at radius 2 is 1.50 bits per heavy atom. The highest BCUT2D eigenvalue weighted by atomic mass is 32.1. The number of amides is 1. The number of nitrogens with zero attached hydrogens (tertiary/aromatic N) is 3. The summed E-state index contributed by atoms with van der Waals surface area (Å²) in [5.74, 6) is -0.615. The second-order valence-corrected chi connectivity index (χ2v) is 5.69. The highest BCUT2D eigenvalue weighted by Crippen LogP contribution is 2.39. The van der Waals surface area contributed by atoms with Gasteiger partial charge in [0.15, 0.2) is 0 Å². The minimum absolute atomic E-state index is 0.264. The molecule has 0 fully saturated rings. The number of hydrogen-bond acceptors (Lipinski definition) is 5. The van der Waals surface area contributed by atoms with Gasteiger partial charge in [0, 0.05) is 16.7 Å². The largest absolute Gasteiger partial charge is 0.365 e. The Labute approximate surface area is 142 Å². The van der Waals surface area contributed by atoms with Gasteiger partial charge in [0.1, 0.15) is 4.88 Å². The predicted octanol–water partition coefficient (Wildman–Crippen LogP) is 3.32. The van der Waals surface area contributed by atoms with Crippen molar-refractivity contribution in [3.63, 3.8) is 0 Å². The van der Waals surface area contributed by atoms with Crippen LogP contribution in [0.5, 0.6) is 0 Å². The van der Waals surface area contributed by atoms with Crippen LogP contribution in [-0.4, -0.2) is 10.3 Å². The Bertz CT molecular complexity index is 1020. The number of aromatic nitrogens is 1. The van der Waals surface area contributed by atoms with Crippen LogP contribution in [0.25, 0.3) is 22.4 Å². The van der Waals surface area contributed by atoms with Crippen molar-refractivity contribution in [3.05, 3.63) is 64.5 Å². The highest BCUT2D eigenvalue weighted by Gasteiger charge is 2.23. The number of carbonyl (C=O) groups is 1. The van der Waals surface area contributed by atoms with Gasteiger partial charge in [0.05, 0.1) is 29.0 Å². The molecule has 2 N–H and O–H groups in total. The first-order chi connectivity index (χ1) is 11.7. The van der Waals surface area contributed by atoms with E-state index in [-0.39, 0.29) is 4.88 Å². The zero-order chi connectivity index (χ0) is 17.1. The van der Waals surface area contributed by atoms with Crippen molar-refractivity contribution in [3.8, 4) is 34.5 Å². The molecule has 0 spiro atoms. The van der Waals surface area contributed by atoms with Gasteiger partial charge in [-0.25, -0.2) is 0 Å². The van der Waals surface area contributed by atoms with Crippen LogP contribution in [-0.2, 0) is 0 Å². The first kappa shape index (κ1) is 15.4. The zero-order valence-electron chi connectivity index (χ0n) is 12.4. The lowest BCUT2D eigenvalue weighted by atomic mass is 9.94. The van der Waals surface area contributed by atoms with Gasteiger partial charge in [0.25, 0.3) is 5.91 Å². The van der Waals surface area contributed by atoms with Gasteiger partial charge in [0.2, 0.25) is 0 Å². The molecule has 0 unspecified atom stereocenters. The van der Waals surface area contributed by atoms with E-state index >= 15 is 0 Å². The maximum absolute atomic E-state index is 11.8. The summed E-state index contributed by atoms with van der Waals surface area (Å²) in [6.45, 7) is 0. The van der Waals surface area contributed by atoms with Crippen LogP contribution in [0.3, 0.4) is 0 Å². The molecular formula is C18H10N4OS. The topological polar surface area (TPSA) is 104 Å². The zero-order valence-corrected chi connectivity index (χ0v) is 13.2. The monoisotopic (exact) mass is 330 g/mol. The minimum atomic E-state index is -0.615. The molecule has 0 bridgehead atoms. The molecule has 0 radical (unpaired) electrons. The smallest absolute Gasteiger partial charge is 0.261 e. The number of rotatable bonds is 3. The van der Waals surface area contributed by atoms with Crippen LogP contribution in [0.1, 0.15) is 20.8 Å². The molecule has 0 aliphatic rings. The van der Waals surface area contributed by atoms with E-state index in [4.69, 9.17) is 5.73 Å². The third-order valence-corrected chi connectivity index (χ3v) is 4.40. The lowest BCUT2D eigenvalue weighted by Gasteiger charge is -2.08. The number of nitrogens with two attached hydrogens (primary N) is 1. The summed E-state index contributed by atoms with van der Waals surface area (Å²) in [4.78, 5) is 12.1. The predicted molar refractivity (Wildman–Crippen MR) is 90.9 cm³/mol. The van der Waals surface area contributed by atoms with Crippen LogP contribution in [0.15, 0.2) is 48.5 Å². The van der Waals surface area contributed by atoms with E-state index in [1.807, 2.05) is 0 Å². The molecule has 6 heteroatoms. The fourth-order valence-electron chi connectivity index (χ4n) is 2.48. The first-order valence-electron chi connectivity index (χ1n) is 6.96. The highest BCUT2D eigenvalue weighted by molar-refractivity contribution is 7.09. The van der Waals surface area contributed by atoms with Crippen LogP contribution < -0.4 is 5.73 Å². The molecule has 0 atom stereocenters. The molecule has 0 aliphatic heterocycles. The Balaban J connectivity index is 2.37. The average Bonchev–Trinajstić information content (AvgIpc) is 3.06. The summed E-state index contributed by atoms with van der Waals surface area (Å²) >= 11 is 0.969. The Kier molecular flexibility index (Phi) is 4.07. The number of nitriles is 2. The van der Waals surface area contributed by atoms with Crippen molar-refractivity contribution in [2.24, 2.45) is 5.73 Å². The van der Waals surface area contributed by atoms with Gasteiger partial charge < -0.3 is 5.73 Å². The van der Waals surface area contributed by atoms with Gasteiger partial charge in [-0.15, -0.1) is 0 Å². The molecular weight excluding hydrogens is 320 g/mol. The molecule has 1 amide bonds. The SMILES string of the molecule is N#Cc1ccccc1-c1nsc(C(N)=O)c1-c1ccccc1C#N. The van der Waals surface area contributed by atoms with Crippen LogP contribution in [0.2, 0.25) is 0 Å². The molecule has 0 aliphatic carbocycles. The van der Waals surface area contributed by atoms with E-state index in [1.165, 1.54) is 0 Å². The minimum Gasteiger partial charge on any atom is -0.365 e. The quantitative estimate of drug-likeness (QED) is 0.795. The van der Waals surface area contributed by atoms with E-state index in [0.717, 1.165) is 11.5 Å². The van der Waals surface area contributed by atoms with Crippen LogP contribution in [0.4, 0.5) is 0 Å². The van der Waals surface area contributed by atoms with Gasteiger partial charge in [-0.1, -0.05) is 36.4 Å². The second kappa shape index (κ2) is 6.33. The van der Waals surface area contributed by atoms with Gasteiger partial charge in [-0.3, -0.25) is 4.79 Å². The fourth-order valence-corrected chi connectivity index (χ4v) is 3.24. The molecule has 0 saturated heterocycles. The summed E-state index contributed by atoms with van der Waals surface area (Å²) in [6, 6.07) is 18.2. The van der Waals surface area contributed by atoms with Gasteiger partial charge in [-0.2, -0.15) is 14.9 Å². The Morgan fingerprint density at radius 1 is 0.958 bits per heavy atom. The van der Waals surface area contributed by atoms with Crippen molar-refractivity contribution in [1.29, 1.82) is 10.5 Å². The maximum atomic E-state index is 11.8. The molecule has 5 nitrogen and oxygen atoms in total. The molecule has 0 saturated carbocycles. The van der Waals surface area contributed by atoms with Gasteiger partial charge >= 0.3 is 0 Å². The average molecular weight is 330 g/mol. The summed E-state index contributed by atoms with van der Waals surface area (Å²) < 4.78 is 4.35. The van der Waals surface area contributed by atoms with E-state index in [9.17, 15) is 15.3 Å². The standard InChI is InChI=1S/C18H10N4OS/c19-9-11-5-1-3-7-13(11)15-16(22-24-17(15)18(21)23)14-8-4-2-6-12(14)10-20/h1-8H,(H2,21,23). The molecule has 114 valence electrons. The Hall–Kier alpha value is -3.48. The molecule has 3 rings (SSSR count). The normalized spacial score (nSPS) is 9.92. The Morgan fingerprint density at radius 3 is 2.08 bits per heavy atom. The third-order valence-electron chi connectivity index (χ3n) is 3.54. The lowest BCUT2D eigenvalue weighted by Crippen LogP contribution is -2.10. The number of carbonyl (C=O) groups excluding carboxylic acids is 1. The summed E-state index contributed by atoms with van der Waals surface area (Å²) in [5.41, 5.74) is 8.49. The van der Waals surface area contributed by atoms with E-state index in [2.05, 4.69) is 16.5 Å². The van der Waals surface area contributed by atoms with E-state index in [0.29, 0.717) is 33.5 Å². The molecule has 24 heavy (non-hydrogen) atoms. The number of benzene rings is 2. The third kappa shape index (κ3) is 2.52. The summed E-state index contributed by atoms with van der Waals surface area (Å²) in [7, 11) is 0. The first-order valence-corrected chi connectivity index (χ1v) is 7.73. The van der Waals surface area contributed by atoms with Crippen molar-refractivity contribution in [2.45, 2.75) is 0 Å². The molecule has 1 heterocycles. The van der Waals surface area contributed by atoms with Gasteiger partial charge in [-0.05, 0) is 23.7 Å². The number of hydrogen-bond donors (Lipinski definition) is 1. The van der Waals surface area contributed by atoms with Crippen LogP contribution in [0, 0.1) is 22.7 Å². The fraction of sp³-hybridized carbons (Fsp3) is 0.